The zero-order chi connectivity index (χ0) is 15.6. The van der Waals surface area contributed by atoms with Gasteiger partial charge in [-0.3, -0.25) is 14.8 Å². The van der Waals surface area contributed by atoms with Gasteiger partial charge in [-0.25, -0.2) is 13.1 Å². The van der Waals surface area contributed by atoms with Crippen molar-refractivity contribution in [3.05, 3.63) is 46.3 Å². The summed E-state index contributed by atoms with van der Waals surface area (Å²) < 4.78 is 28.2. The van der Waals surface area contributed by atoms with Crippen molar-refractivity contribution >= 4 is 21.4 Å². The van der Waals surface area contributed by atoms with Gasteiger partial charge in [0.2, 0.25) is 10.0 Å². The molecule has 10 heteroatoms. The van der Waals surface area contributed by atoms with E-state index in [1.807, 2.05) is 0 Å². The third-order valence-electron chi connectivity index (χ3n) is 2.71. The van der Waals surface area contributed by atoms with Crippen LogP contribution in [0.25, 0.3) is 0 Å². The average Bonchev–Trinajstić information content (AvgIpc) is 2.82. The molecule has 0 atom stereocenters. The lowest BCUT2D eigenvalue weighted by Crippen LogP contribution is -2.24. The molecule has 0 aliphatic heterocycles. The molecule has 21 heavy (non-hydrogen) atoms. The second kappa shape index (κ2) is 5.50. The molecule has 0 saturated carbocycles. The number of nitro benzene ring substituents is 1. The molecule has 0 aliphatic carbocycles. The van der Waals surface area contributed by atoms with E-state index < -0.39 is 25.5 Å². The Balaban J connectivity index is 2.32. The van der Waals surface area contributed by atoms with Gasteiger partial charge in [0.1, 0.15) is 5.69 Å². The second-order valence-electron chi connectivity index (χ2n) is 4.26. The van der Waals surface area contributed by atoms with Gasteiger partial charge in [-0.2, -0.15) is 5.10 Å². The SMILES string of the molecule is Cn1ccc(CNS(=O)(=O)c2cccc(N)c2[N+](=O)[O-])n1. The highest BCUT2D eigenvalue weighted by Crippen LogP contribution is 2.29. The number of benzene rings is 1. The summed E-state index contributed by atoms with van der Waals surface area (Å²) in [5.41, 5.74) is 5.13. The lowest BCUT2D eigenvalue weighted by atomic mass is 10.3. The molecule has 9 nitrogen and oxygen atoms in total. The molecule has 0 fully saturated rings. The van der Waals surface area contributed by atoms with E-state index >= 15 is 0 Å². The van der Waals surface area contributed by atoms with Crippen LogP contribution in [0.5, 0.6) is 0 Å². The molecule has 3 N–H and O–H groups in total. The van der Waals surface area contributed by atoms with E-state index in [4.69, 9.17) is 5.73 Å². The lowest BCUT2D eigenvalue weighted by molar-refractivity contribution is -0.386. The van der Waals surface area contributed by atoms with Crippen molar-refractivity contribution in [2.24, 2.45) is 7.05 Å². The predicted molar refractivity (Wildman–Crippen MR) is 74.7 cm³/mol. The largest absolute Gasteiger partial charge is 0.393 e. The van der Waals surface area contributed by atoms with Crippen molar-refractivity contribution in [3.63, 3.8) is 0 Å². The molecule has 0 saturated heterocycles. The molecule has 2 aromatic rings. The zero-order valence-electron chi connectivity index (χ0n) is 11.1. The van der Waals surface area contributed by atoms with Crippen LogP contribution in [0.2, 0.25) is 0 Å². The molecule has 0 unspecified atom stereocenters. The summed E-state index contributed by atoms with van der Waals surface area (Å²) in [5.74, 6) is 0. The Hall–Kier alpha value is -2.46. The fourth-order valence-corrected chi connectivity index (χ4v) is 2.95. The molecule has 2 rings (SSSR count). The van der Waals surface area contributed by atoms with Crippen LogP contribution >= 0.6 is 0 Å². The number of nitrogens with two attached hydrogens (primary N) is 1. The van der Waals surface area contributed by atoms with Gasteiger partial charge >= 0.3 is 5.69 Å². The van der Waals surface area contributed by atoms with Crippen molar-refractivity contribution in [2.45, 2.75) is 11.4 Å². The fourth-order valence-electron chi connectivity index (χ4n) is 1.76. The number of rotatable bonds is 5. The van der Waals surface area contributed by atoms with E-state index in [2.05, 4.69) is 9.82 Å². The number of anilines is 1. The van der Waals surface area contributed by atoms with Crippen LogP contribution in [-0.2, 0) is 23.6 Å². The number of sulfonamides is 1. The quantitative estimate of drug-likeness (QED) is 0.466. The second-order valence-corrected chi connectivity index (χ2v) is 5.99. The van der Waals surface area contributed by atoms with Crippen molar-refractivity contribution < 1.29 is 13.3 Å². The number of aromatic nitrogens is 2. The maximum atomic E-state index is 12.2. The van der Waals surface area contributed by atoms with Gasteiger partial charge < -0.3 is 5.73 Å². The number of nitrogens with one attached hydrogen (secondary N) is 1. The summed E-state index contributed by atoms with van der Waals surface area (Å²) in [4.78, 5) is 9.70. The minimum Gasteiger partial charge on any atom is -0.393 e. The minimum atomic E-state index is -4.07. The fraction of sp³-hybridized carbons (Fsp3) is 0.182. The molecule has 112 valence electrons. The standard InChI is InChI=1S/C11H13N5O4S/c1-15-6-5-8(14-15)7-13-21(19,20)10-4-2-3-9(12)11(10)16(17)18/h2-6,13H,7,12H2,1H3. The summed E-state index contributed by atoms with van der Waals surface area (Å²) in [6.45, 7) is -0.0743. The molecule has 0 spiro atoms. The van der Waals surface area contributed by atoms with E-state index in [1.165, 1.54) is 16.8 Å². The smallest absolute Gasteiger partial charge is 0.312 e. The number of para-hydroxylation sites is 1. The highest BCUT2D eigenvalue weighted by molar-refractivity contribution is 7.89. The lowest BCUT2D eigenvalue weighted by Gasteiger charge is -2.07. The van der Waals surface area contributed by atoms with Crippen LogP contribution in [0.15, 0.2) is 35.4 Å². The van der Waals surface area contributed by atoms with E-state index in [-0.39, 0.29) is 12.2 Å². The van der Waals surface area contributed by atoms with Crippen molar-refractivity contribution in [1.29, 1.82) is 0 Å². The van der Waals surface area contributed by atoms with Gasteiger partial charge in [0.25, 0.3) is 0 Å². The molecule has 1 heterocycles. The maximum absolute atomic E-state index is 12.2. The average molecular weight is 311 g/mol. The summed E-state index contributed by atoms with van der Waals surface area (Å²) in [7, 11) is -2.37. The number of hydrogen-bond acceptors (Lipinski definition) is 6. The number of nitrogen functional groups attached to an aromatic ring is 1. The summed E-state index contributed by atoms with van der Waals surface area (Å²) in [6.07, 6.45) is 1.66. The van der Waals surface area contributed by atoms with E-state index in [0.717, 1.165) is 6.07 Å². The van der Waals surface area contributed by atoms with E-state index in [0.29, 0.717) is 5.69 Å². The molecule has 1 aromatic carbocycles. The Bertz CT molecular complexity index is 784. The molecule has 0 radical (unpaired) electrons. The Morgan fingerprint density at radius 3 is 2.71 bits per heavy atom. The summed E-state index contributed by atoms with van der Waals surface area (Å²) in [6, 6.07) is 5.39. The number of nitrogens with zero attached hydrogens (tertiary/aromatic N) is 3. The van der Waals surface area contributed by atoms with Crippen molar-refractivity contribution in [3.8, 4) is 0 Å². The van der Waals surface area contributed by atoms with Gasteiger partial charge in [-0.05, 0) is 18.2 Å². The normalized spacial score (nSPS) is 11.5. The van der Waals surface area contributed by atoms with Gasteiger partial charge in [0, 0.05) is 13.2 Å². The third-order valence-corrected chi connectivity index (χ3v) is 4.15. The molecule has 0 bridgehead atoms. The summed E-state index contributed by atoms with van der Waals surface area (Å²) >= 11 is 0. The number of nitro groups is 1. The van der Waals surface area contributed by atoms with Crippen molar-refractivity contribution in [1.82, 2.24) is 14.5 Å². The first kappa shape index (κ1) is 14.9. The first-order valence-electron chi connectivity index (χ1n) is 5.82. The van der Waals surface area contributed by atoms with Gasteiger partial charge in [-0.1, -0.05) is 6.07 Å². The first-order chi connectivity index (χ1) is 9.81. The molecule has 0 amide bonds. The molecular formula is C11H13N5O4S. The Labute approximate surface area is 120 Å². The Morgan fingerprint density at radius 2 is 2.14 bits per heavy atom. The summed E-state index contributed by atoms with van der Waals surface area (Å²) in [5, 5.41) is 15.0. The highest BCUT2D eigenvalue weighted by atomic mass is 32.2. The van der Waals surface area contributed by atoms with Crippen LogP contribution in [0.1, 0.15) is 5.69 Å². The van der Waals surface area contributed by atoms with Crippen LogP contribution in [0.4, 0.5) is 11.4 Å². The van der Waals surface area contributed by atoms with Crippen LogP contribution < -0.4 is 10.5 Å². The number of hydrogen-bond donors (Lipinski definition) is 2. The topological polar surface area (TPSA) is 133 Å². The highest BCUT2D eigenvalue weighted by Gasteiger charge is 2.27. The van der Waals surface area contributed by atoms with Gasteiger partial charge in [-0.15, -0.1) is 0 Å². The predicted octanol–water partition coefficient (Wildman–Crippen LogP) is 0.389. The van der Waals surface area contributed by atoms with E-state index in [1.54, 1.807) is 19.3 Å². The molecule has 1 aromatic heterocycles. The van der Waals surface area contributed by atoms with Gasteiger partial charge in [0.05, 0.1) is 17.2 Å². The van der Waals surface area contributed by atoms with Crippen LogP contribution in [-0.4, -0.2) is 23.1 Å². The minimum absolute atomic E-state index is 0.0743. The van der Waals surface area contributed by atoms with Crippen molar-refractivity contribution in [2.75, 3.05) is 5.73 Å². The monoisotopic (exact) mass is 311 g/mol. The van der Waals surface area contributed by atoms with Gasteiger partial charge in [0.15, 0.2) is 4.90 Å². The van der Waals surface area contributed by atoms with Crippen LogP contribution in [0.3, 0.4) is 0 Å². The maximum Gasteiger partial charge on any atom is 0.312 e. The van der Waals surface area contributed by atoms with Crippen LogP contribution in [0, 0.1) is 10.1 Å². The Morgan fingerprint density at radius 1 is 1.43 bits per heavy atom. The van der Waals surface area contributed by atoms with E-state index in [9.17, 15) is 18.5 Å². The molecular weight excluding hydrogens is 298 g/mol. The zero-order valence-corrected chi connectivity index (χ0v) is 11.9. The Kier molecular flexibility index (Phi) is 3.91. The molecule has 0 aliphatic rings. The first-order valence-corrected chi connectivity index (χ1v) is 7.30. The number of aryl methyl sites for hydroxylation is 1. The third kappa shape index (κ3) is 3.17.